The number of carbonyl (C=O) groups excluding carboxylic acids is 1. The summed E-state index contributed by atoms with van der Waals surface area (Å²) in [6.45, 7) is 1.80. The van der Waals surface area contributed by atoms with Gasteiger partial charge in [0.15, 0.2) is 5.78 Å². The molecule has 0 bridgehead atoms. The Kier molecular flexibility index (Phi) is 3.73. The van der Waals surface area contributed by atoms with Crippen molar-refractivity contribution >= 4 is 50.0 Å². The maximum Gasteiger partial charge on any atom is 0.179 e. The van der Waals surface area contributed by atoms with Gasteiger partial charge >= 0.3 is 0 Å². The maximum atomic E-state index is 11.7. The van der Waals surface area contributed by atoms with Crippen molar-refractivity contribution in [3.63, 3.8) is 0 Å². The van der Waals surface area contributed by atoms with Crippen LogP contribution >= 0.6 is 38.5 Å². The van der Waals surface area contributed by atoms with Gasteiger partial charge in [0.1, 0.15) is 0 Å². The Hall–Kier alpha value is -0.100. The number of benzene rings is 1. The Morgan fingerprint density at radius 1 is 1.62 bits per heavy atom. The van der Waals surface area contributed by atoms with Gasteiger partial charge in [0, 0.05) is 9.26 Å². The van der Waals surface area contributed by atoms with Crippen molar-refractivity contribution in [3.05, 3.63) is 27.3 Å². The Morgan fingerprint density at radius 2 is 2.23 bits per heavy atom. The monoisotopic (exact) mass is 353 g/mol. The number of carbonyl (C=O) groups is 1. The molecule has 4 heteroatoms. The van der Waals surface area contributed by atoms with Gasteiger partial charge in [-0.3, -0.25) is 4.79 Å². The highest BCUT2D eigenvalue weighted by Crippen LogP contribution is 2.22. The average Bonchev–Trinajstić information content (AvgIpc) is 2.03. The molecule has 2 nitrogen and oxygen atoms in total. The molecule has 2 N–H and O–H groups in total. The number of Topliss-reactive ketones (excluding diaryl/α,β-unsaturated/α-hetero) is 1. The second-order valence-corrected chi connectivity index (χ2v) is 5.22. The lowest BCUT2D eigenvalue weighted by atomic mass is 10.1. The van der Waals surface area contributed by atoms with Crippen LogP contribution in [0, 0.1) is 3.57 Å². The number of ketones is 1. The molecule has 1 rings (SSSR count). The van der Waals surface area contributed by atoms with Crippen LogP contribution in [0.5, 0.6) is 0 Å². The van der Waals surface area contributed by atoms with E-state index >= 15 is 0 Å². The van der Waals surface area contributed by atoms with Gasteiger partial charge in [0.25, 0.3) is 0 Å². The van der Waals surface area contributed by atoms with Gasteiger partial charge in [-0.05, 0) is 41.6 Å². The summed E-state index contributed by atoms with van der Waals surface area (Å²) in [5, 5.41) is 0. The lowest BCUT2D eigenvalue weighted by Crippen LogP contribution is -2.14. The summed E-state index contributed by atoms with van der Waals surface area (Å²) in [5.41, 5.74) is 6.88. The molecule has 0 fully saturated rings. The normalized spacial score (nSPS) is 12.5. The molecule has 0 aliphatic carbocycles. The van der Waals surface area contributed by atoms with Crippen molar-refractivity contribution in [3.8, 4) is 0 Å². The van der Waals surface area contributed by atoms with Crippen LogP contribution in [0.15, 0.2) is 18.2 Å². The zero-order chi connectivity index (χ0) is 10.0. The van der Waals surface area contributed by atoms with Crippen LogP contribution in [-0.4, -0.2) is 10.6 Å². The van der Waals surface area contributed by atoms with E-state index in [1.165, 1.54) is 0 Å². The van der Waals surface area contributed by atoms with E-state index in [4.69, 9.17) is 5.73 Å². The van der Waals surface area contributed by atoms with E-state index in [2.05, 4.69) is 38.5 Å². The SMILES string of the molecule is CC(Br)C(=O)c1c(N)cccc1I. The van der Waals surface area contributed by atoms with E-state index in [9.17, 15) is 4.79 Å². The molecule has 1 atom stereocenters. The van der Waals surface area contributed by atoms with Crippen LogP contribution in [-0.2, 0) is 0 Å². The molecule has 1 unspecified atom stereocenters. The third kappa shape index (κ3) is 2.43. The number of hydrogen-bond donors (Lipinski definition) is 1. The first kappa shape index (κ1) is 11.0. The fraction of sp³-hybridized carbons (Fsp3) is 0.222. The van der Waals surface area contributed by atoms with Crippen LogP contribution in [0.2, 0.25) is 0 Å². The summed E-state index contributed by atoms with van der Waals surface area (Å²) < 4.78 is 0.897. The highest BCUT2D eigenvalue weighted by molar-refractivity contribution is 14.1. The van der Waals surface area contributed by atoms with E-state index in [1.807, 2.05) is 12.1 Å². The molecule has 0 saturated heterocycles. The molecule has 0 aromatic heterocycles. The molecule has 0 aliphatic rings. The number of nitrogen functional groups attached to an aromatic ring is 1. The fourth-order valence-electron chi connectivity index (χ4n) is 1.000. The topological polar surface area (TPSA) is 43.1 Å². The van der Waals surface area contributed by atoms with Crippen LogP contribution < -0.4 is 5.73 Å². The summed E-state index contributed by atoms with van der Waals surface area (Å²) in [6, 6.07) is 5.46. The molecule has 1 aromatic carbocycles. The zero-order valence-corrected chi connectivity index (χ0v) is 10.8. The van der Waals surface area contributed by atoms with Gasteiger partial charge in [-0.1, -0.05) is 22.0 Å². The molecule has 1 aromatic rings. The predicted octanol–water partition coefficient (Wildman–Crippen LogP) is 2.84. The van der Waals surface area contributed by atoms with Gasteiger partial charge in [0.05, 0.1) is 10.4 Å². The van der Waals surface area contributed by atoms with Gasteiger partial charge in [0.2, 0.25) is 0 Å². The number of halogens is 2. The second-order valence-electron chi connectivity index (χ2n) is 2.68. The molecule has 70 valence electrons. The van der Waals surface area contributed by atoms with Crippen LogP contribution in [0.1, 0.15) is 17.3 Å². The zero-order valence-electron chi connectivity index (χ0n) is 7.05. The lowest BCUT2D eigenvalue weighted by Gasteiger charge is -2.08. The molecule has 0 heterocycles. The smallest absolute Gasteiger partial charge is 0.179 e. The first-order chi connectivity index (χ1) is 6.04. The molecule has 13 heavy (non-hydrogen) atoms. The number of hydrogen-bond acceptors (Lipinski definition) is 2. The number of alkyl halides is 1. The van der Waals surface area contributed by atoms with E-state index < -0.39 is 0 Å². The molecule has 0 aliphatic heterocycles. The van der Waals surface area contributed by atoms with E-state index in [0.717, 1.165) is 3.57 Å². The minimum atomic E-state index is -0.189. The first-order valence-corrected chi connectivity index (χ1v) is 5.75. The molecule has 0 amide bonds. The summed E-state index contributed by atoms with van der Waals surface area (Å²) in [6.07, 6.45) is 0. The summed E-state index contributed by atoms with van der Waals surface area (Å²) in [5.74, 6) is 0.0301. The highest BCUT2D eigenvalue weighted by Gasteiger charge is 2.17. The summed E-state index contributed by atoms with van der Waals surface area (Å²) >= 11 is 5.35. The van der Waals surface area contributed by atoms with Crippen molar-refractivity contribution < 1.29 is 4.79 Å². The number of rotatable bonds is 2. The first-order valence-electron chi connectivity index (χ1n) is 3.76. The molecule has 0 saturated carbocycles. The van der Waals surface area contributed by atoms with Gasteiger partial charge in [-0.2, -0.15) is 0 Å². The Labute approximate surface area is 99.2 Å². The second kappa shape index (κ2) is 4.41. The van der Waals surface area contributed by atoms with Crippen molar-refractivity contribution in [1.29, 1.82) is 0 Å². The van der Waals surface area contributed by atoms with Crippen molar-refractivity contribution in [2.75, 3.05) is 5.73 Å². The van der Waals surface area contributed by atoms with Crippen molar-refractivity contribution in [2.45, 2.75) is 11.8 Å². The van der Waals surface area contributed by atoms with Crippen LogP contribution in [0.25, 0.3) is 0 Å². The minimum absolute atomic E-state index is 0.0301. The average molecular weight is 354 g/mol. The van der Waals surface area contributed by atoms with E-state index in [1.54, 1.807) is 13.0 Å². The Balaban J connectivity index is 3.20. The highest BCUT2D eigenvalue weighted by atomic mass is 127. The quantitative estimate of drug-likeness (QED) is 0.384. The van der Waals surface area contributed by atoms with E-state index in [-0.39, 0.29) is 10.6 Å². The minimum Gasteiger partial charge on any atom is -0.398 e. The Morgan fingerprint density at radius 3 is 2.69 bits per heavy atom. The van der Waals surface area contributed by atoms with Crippen LogP contribution in [0.4, 0.5) is 5.69 Å². The molecular formula is C9H9BrINO. The molecular weight excluding hydrogens is 345 g/mol. The third-order valence-electron chi connectivity index (χ3n) is 1.65. The van der Waals surface area contributed by atoms with Gasteiger partial charge in [-0.15, -0.1) is 0 Å². The largest absolute Gasteiger partial charge is 0.398 e. The lowest BCUT2D eigenvalue weighted by molar-refractivity contribution is 0.0996. The van der Waals surface area contributed by atoms with E-state index in [0.29, 0.717) is 11.3 Å². The standard InChI is InChI=1S/C9H9BrINO/c1-5(10)9(13)8-6(11)3-2-4-7(8)12/h2-5H,12H2,1H3. The third-order valence-corrected chi connectivity index (χ3v) is 2.97. The maximum absolute atomic E-state index is 11.7. The number of nitrogens with two attached hydrogens (primary N) is 1. The summed E-state index contributed by atoms with van der Waals surface area (Å²) in [7, 11) is 0. The van der Waals surface area contributed by atoms with Gasteiger partial charge < -0.3 is 5.73 Å². The molecule has 0 radical (unpaired) electrons. The van der Waals surface area contributed by atoms with Crippen molar-refractivity contribution in [1.82, 2.24) is 0 Å². The van der Waals surface area contributed by atoms with Crippen LogP contribution in [0.3, 0.4) is 0 Å². The predicted molar refractivity (Wildman–Crippen MR) is 66.3 cm³/mol. The fourth-order valence-corrected chi connectivity index (χ4v) is 2.01. The van der Waals surface area contributed by atoms with Gasteiger partial charge in [-0.25, -0.2) is 0 Å². The number of anilines is 1. The molecule has 0 spiro atoms. The summed E-state index contributed by atoms with van der Waals surface area (Å²) in [4.78, 5) is 11.5. The Bertz CT molecular complexity index is 318. The van der Waals surface area contributed by atoms with Crippen molar-refractivity contribution in [2.24, 2.45) is 0 Å².